The van der Waals surface area contributed by atoms with Crippen LogP contribution >= 0.6 is 0 Å². The average Bonchev–Trinajstić information content (AvgIpc) is 3.43. The van der Waals surface area contributed by atoms with Gasteiger partial charge in [0.2, 0.25) is 0 Å². The van der Waals surface area contributed by atoms with Gasteiger partial charge in [0.1, 0.15) is 17.8 Å². The molecular formula is C18H15N5O3. The summed E-state index contributed by atoms with van der Waals surface area (Å²) in [7, 11) is 0. The van der Waals surface area contributed by atoms with Gasteiger partial charge < -0.3 is 13.7 Å². The normalized spacial score (nSPS) is 10.8. The van der Waals surface area contributed by atoms with Gasteiger partial charge in [-0.05, 0) is 52.9 Å². The number of hydrogen-bond donors (Lipinski definition) is 0. The van der Waals surface area contributed by atoms with Crippen LogP contribution in [-0.2, 0) is 13.1 Å². The van der Waals surface area contributed by atoms with Crippen LogP contribution in [0.2, 0.25) is 0 Å². The van der Waals surface area contributed by atoms with Crippen LogP contribution in [-0.4, -0.2) is 31.0 Å². The zero-order valence-corrected chi connectivity index (χ0v) is 13.7. The Hall–Kier alpha value is -3.68. The Bertz CT molecular complexity index is 926. The first-order valence-corrected chi connectivity index (χ1v) is 7.97. The first kappa shape index (κ1) is 15.8. The average molecular weight is 349 g/mol. The van der Waals surface area contributed by atoms with Gasteiger partial charge in [-0.3, -0.25) is 4.79 Å². The van der Waals surface area contributed by atoms with Crippen LogP contribution in [0, 0.1) is 0 Å². The van der Waals surface area contributed by atoms with Crippen molar-refractivity contribution in [2.75, 3.05) is 0 Å². The van der Waals surface area contributed by atoms with Crippen molar-refractivity contribution < 1.29 is 13.6 Å². The molecule has 0 spiro atoms. The van der Waals surface area contributed by atoms with E-state index >= 15 is 0 Å². The molecule has 3 aromatic heterocycles. The number of carbonyl (C=O) groups is 1. The van der Waals surface area contributed by atoms with Gasteiger partial charge in [0, 0.05) is 5.56 Å². The monoisotopic (exact) mass is 349 g/mol. The topological polar surface area (TPSA) is 90.2 Å². The summed E-state index contributed by atoms with van der Waals surface area (Å²) in [4.78, 5) is 14.8. The molecule has 1 aromatic carbocycles. The summed E-state index contributed by atoms with van der Waals surface area (Å²) in [6.45, 7) is 0.670. The minimum atomic E-state index is -0.146. The van der Waals surface area contributed by atoms with Crippen LogP contribution in [0.1, 0.15) is 21.9 Å². The van der Waals surface area contributed by atoms with Gasteiger partial charge in [0.15, 0.2) is 0 Å². The summed E-state index contributed by atoms with van der Waals surface area (Å²) in [6, 6.07) is 14.4. The van der Waals surface area contributed by atoms with Gasteiger partial charge in [0.05, 0.1) is 31.3 Å². The first-order chi connectivity index (χ1) is 12.8. The molecule has 8 nitrogen and oxygen atoms in total. The summed E-state index contributed by atoms with van der Waals surface area (Å²) in [6.07, 6.45) is 4.65. The number of aromatic nitrogens is 4. The number of rotatable bonds is 6. The smallest absolute Gasteiger partial charge is 0.254 e. The predicted octanol–water partition coefficient (Wildman–Crippen LogP) is 2.69. The minimum absolute atomic E-state index is 0.146. The van der Waals surface area contributed by atoms with Gasteiger partial charge in [-0.1, -0.05) is 6.07 Å². The molecule has 4 aromatic rings. The highest BCUT2D eigenvalue weighted by atomic mass is 16.3. The fraction of sp³-hybridized carbons (Fsp3) is 0.111. The molecule has 26 heavy (non-hydrogen) atoms. The molecule has 130 valence electrons. The zero-order valence-electron chi connectivity index (χ0n) is 13.7. The maximum Gasteiger partial charge on any atom is 0.254 e. The lowest BCUT2D eigenvalue weighted by molar-refractivity contribution is 0.0705. The van der Waals surface area contributed by atoms with Crippen LogP contribution < -0.4 is 0 Å². The van der Waals surface area contributed by atoms with Crippen molar-refractivity contribution in [3.8, 4) is 5.69 Å². The highest BCUT2D eigenvalue weighted by molar-refractivity contribution is 5.94. The number of furan rings is 2. The Labute approximate surface area is 148 Å². The van der Waals surface area contributed by atoms with E-state index in [2.05, 4.69) is 15.5 Å². The first-order valence-electron chi connectivity index (χ1n) is 7.97. The number of hydrogen-bond acceptors (Lipinski definition) is 6. The van der Waals surface area contributed by atoms with E-state index < -0.39 is 0 Å². The van der Waals surface area contributed by atoms with Crippen LogP contribution in [0.4, 0.5) is 0 Å². The summed E-state index contributed by atoms with van der Waals surface area (Å²) >= 11 is 0. The molecular weight excluding hydrogens is 334 g/mol. The molecule has 3 heterocycles. The quantitative estimate of drug-likeness (QED) is 0.532. The van der Waals surface area contributed by atoms with Crippen LogP contribution in [0.5, 0.6) is 0 Å². The molecule has 0 atom stereocenters. The molecule has 0 aliphatic rings. The molecule has 0 aliphatic carbocycles. The number of nitrogens with zero attached hydrogens (tertiary/aromatic N) is 5. The Morgan fingerprint density at radius 1 is 1.00 bits per heavy atom. The van der Waals surface area contributed by atoms with Crippen molar-refractivity contribution in [3.05, 3.63) is 84.5 Å². The second-order valence-electron chi connectivity index (χ2n) is 5.62. The van der Waals surface area contributed by atoms with E-state index in [1.165, 1.54) is 11.0 Å². The molecule has 0 bridgehead atoms. The van der Waals surface area contributed by atoms with Crippen molar-refractivity contribution in [3.63, 3.8) is 0 Å². The number of tetrazole rings is 1. The van der Waals surface area contributed by atoms with Crippen molar-refractivity contribution in [2.24, 2.45) is 0 Å². The number of benzene rings is 1. The van der Waals surface area contributed by atoms with Gasteiger partial charge in [-0.15, -0.1) is 5.10 Å². The highest BCUT2D eigenvalue weighted by Gasteiger charge is 2.19. The molecule has 0 unspecified atom stereocenters. The second-order valence-corrected chi connectivity index (χ2v) is 5.62. The lowest BCUT2D eigenvalue weighted by Gasteiger charge is -2.21. The highest BCUT2D eigenvalue weighted by Crippen LogP contribution is 2.17. The van der Waals surface area contributed by atoms with Crippen molar-refractivity contribution >= 4 is 5.91 Å². The van der Waals surface area contributed by atoms with E-state index in [9.17, 15) is 4.79 Å². The molecule has 8 heteroatoms. The van der Waals surface area contributed by atoms with Gasteiger partial charge >= 0.3 is 0 Å². The van der Waals surface area contributed by atoms with Crippen LogP contribution in [0.15, 0.2) is 76.2 Å². The van der Waals surface area contributed by atoms with Crippen molar-refractivity contribution in [1.82, 2.24) is 25.1 Å². The fourth-order valence-corrected chi connectivity index (χ4v) is 2.62. The molecule has 0 saturated carbocycles. The predicted molar refractivity (Wildman–Crippen MR) is 90.1 cm³/mol. The zero-order chi connectivity index (χ0) is 17.8. The lowest BCUT2D eigenvalue weighted by Crippen LogP contribution is -2.30. The molecule has 1 amide bonds. The van der Waals surface area contributed by atoms with Gasteiger partial charge in [0.25, 0.3) is 5.91 Å². The summed E-state index contributed by atoms with van der Waals surface area (Å²) in [5.41, 5.74) is 1.23. The van der Waals surface area contributed by atoms with E-state index in [0.717, 1.165) is 0 Å². The minimum Gasteiger partial charge on any atom is -0.467 e. The second kappa shape index (κ2) is 7.06. The maximum atomic E-state index is 13.1. The lowest BCUT2D eigenvalue weighted by atomic mass is 10.1. The van der Waals surface area contributed by atoms with Crippen molar-refractivity contribution in [2.45, 2.75) is 13.1 Å². The molecule has 0 radical (unpaired) electrons. The van der Waals surface area contributed by atoms with Crippen LogP contribution in [0.25, 0.3) is 5.69 Å². The van der Waals surface area contributed by atoms with E-state index in [-0.39, 0.29) is 5.91 Å². The van der Waals surface area contributed by atoms with E-state index in [1.54, 1.807) is 47.8 Å². The Kier molecular flexibility index (Phi) is 4.29. The van der Waals surface area contributed by atoms with E-state index in [0.29, 0.717) is 35.9 Å². The van der Waals surface area contributed by atoms with Crippen molar-refractivity contribution in [1.29, 1.82) is 0 Å². The van der Waals surface area contributed by atoms with E-state index in [1.807, 2.05) is 18.2 Å². The summed E-state index contributed by atoms with van der Waals surface area (Å²) < 4.78 is 12.3. The molecule has 0 aliphatic heterocycles. The standard InChI is InChI=1S/C18H15N5O3/c24-18(14-4-1-5-15(10-14)23-13-19-20-21-23)22(11-16-6-2-8-25-16)12-17-7-3-9-26-17/h1-10,13H,11-12H2. The van der Waals surface area contributed by atoms with Crippen LogP contribution in [0.3, 0.4) is 0 Å². The summed E-state index contributed by atoms with van der Waals surface area (Å²) in [5, 5.41) is 11.1. The Balaban J connectivity index is 1.62. The third-order valence-electron chi connectivity index (χ3n) is 3.85. The summed E-state index contributed by atoms with van der Waals surface area (Å²) in [5.74, 6) is 1.25. The Morgan fingerprint density at radius 3 is 2.31 bits per heavy atom. The molecule has 4 rings (SSSR count). The fourth-order valence-electron chi connectivity index (χ4n) is 2.62. The van der Waals surface area contributed by atoms with E-state index in [4.69, 9.17) is 8.83 Å². The molecule has 0 saturated heterocycles. The third kappa shape index (κ3) is 3.39. The Morgan fingerprint density at radius 2 is 1.73 bits per heavy atom. The molecule has 0 fully saturated rings. The van der Waals surface area contributed by atoms with Gasteiger partial charge in [-0.25, -0.2) is 4.68 Å². The maximum absolute atomic E-state index is 13.1. The number of carbonyl (C=O) groups excluding carboxylic acids is 1. The van der Waals surface area contributed by atoms with Gasteiger partial charge in [-0.2, -0.15) is 0 Å². The molecule has 0 N–H and O–H groups in total. The largest absolute Gasteiger partial charge is 0.467 e. The third-order valence-corrected chi connectivity index (χ3v) is 3.85. The SMILES string of the molecule is O=C(c1cccc(-n2cnnn2)c1)N(Cc1ccco1)Cc1ccco1. The number of amides is 1.